The second-order valence-corrected chi connectivity index (χ2v) is 7.22. The van der Waals surface area contributed by atoms with Gasteiger partial charge < -0.3 is 9.31 Å². The van der Waals surface area contributed by atoms with E-state index in [1.807, 2.05) is 0 Å². The second kappa shape index (κ2) is 3.51. The van der Waals surface area contributed by atoms with Crippen LogP contribution in [0.2, 0.25) is 5.82 Å². The van der Waals surface area contributed by atoms with Crippen LogP contribution in [0.3, 0.4) is 0 Å². The maximum absolute atomic E-state index is 6.37. The van der Waals surface area contributed by atoms with Crippen molar-refractivity contribution in [2.24, 2.45) is 17.3 Å². The molecule has 0 spiro atoms. The lowest BCUT2D eigenvalue weighted by Gasteiger charge is -2.64. The van der Waals surface area contributed by atoms with Gasteiger partial charge in [0.1, 0.15) is 0 Å². The summed E-state index contributed by atoms with van der Waals surface area (Å²) < 4.78 is 12.6. The van der Waals surface area contributed by atoms with E-state index in [9.17, 15) is 0 Å². The Morgan fingerprint density at radius 1 is 1.29 bits per heavy atom. The van der Waals surface area contributed by atoms with E-state index >= 15 is 0 Å². The van der Waals surface area contributed by atoms with Gasteiger partial charge in [0.25, 0.3) is 0 Å². The quantitative estimate of drug-likeness (QED) is 0.683. The summed E-state index contributed by atoms with van der Waals surface area (Å²) in [5.74, 6) is 2.05. The van der Waals surface area contributed by atoms with Crippen molar-refractivity contribution >= 4 is 7.12 Å². The molecule has 0 aromatic rings. The summed E-state index contributed by atoms with van der Waals surface area (Å²) >= 11 is 0. The van der Waals surface area contributed by atoms with Crippen LogP contribution in [0.25, 0.3) is 0 Å². The Balaban J connectivity index is 1.82. The Labute approximate surface area is 106 Å². The molecule has 0 aromatic carbocycles. The molecule has 2 bridgehead atoms. The van der Waals surface area contributed by atoms with Crippen molar-refractivity contribution in [3.05, 3.63) is 0 Å². The molecule has 1 aliphatic heterocycles. The van der Waals surface area contributed by atoms with Crippen molar-refractivity contribution in [2.75, 3.05) is 0 Å². The zero-order valence-corrected chi connectivity index (χ0v) is 11.8. The van der Waals surface area contributed by atoms with Crippen molar-refractivity contribution in [3.63, 3.8) is 0 Å². The van der Waals surface area contributed by atoms with Crippen LogP contribution in [0.15, 0.2) is 0 Å². The first kappa shape index (κ1) is 12.0. The minimum absolute atomic E-state index is 0.0215. The molecule has 3 heteroatoms. The molecule has 3 saturated carbocycles. The zero-order chi connectivity index (χ0) is 12.4. The third-order valence-corrected chi connectivity index (χ3v) is 6.08. The lowest BCUT2D eigenvalue weighted by molar-refractivity contribution is -0.199. The summed E-state index contributed by atoms with van der Waals surface area (Å²) in [6.45, 7) is 11.6. The zero-order valence-electron chi connectivity index (χ0n) is 11.8. The molecule has 4 fully saturated rings. The normalized spacial score (nSPS) is 48.5. The van der Waals surface area contributed by atoms with Crippen molar-refractivity contribution in [1.82, 2.24) is 0 Å². The molecule has 96 valence electrons. The lowest BCUT2D eigenvalue weighted by Crippen LogP contribution is -2.65. The summed E-state index contributed by atoms with van der Waals surface area (Å²) in [6.07, 6.45) is 4.02. The van der Waals surface area contributed by atoms with Gasteiger partial charge in [0.15, 0.2) is 0 Å². The van der Waals surface area contributed by atoms with Gasteiger partial charge >= 0.3 is 7.12 Å². The average Bonchev–Trinajstić information content (AvgIpc) is 2.64. The van der Waals surface area contributed by atoms with Crippen LogP contribution >= 0.6 is 0 Å². The van der Waals surface area contributed by atoms with Crippen LogP contribution in [0.1, 0.15) is 53.9 Å². The number of hydrogen-bond donors (Lipinski definition) is 0. The van der Waals surface area contributed by atoms with E-state index in [0.717, 1.165) is 12.3 Å². The summed E-state index contributed by atoms with van der Waals surface area (Å²) in [4.78, 5) is 0. The van der Waals surface area contributed by atoms with Crippen LogP contribution in [-0.2, 0) is 9.31 Å². The summed E-state index contributed by atoms with van der Waals surface area (Å²) in [5, 5.41) is 0. The molecule has 2 nitrogen and oxygen atoms in total. The highest BCUT2D eigenvalue weighted by Gasteiger charge is 2.68. The Morgan fingerprint density at radius 3 is 2.59 bits per heavy atom. The van der Waals surface area contributed by atoms with Crippen molar-refractivity contribution in [1.29, 1.82) is 0 Å². The molecule has 1 saturated heterocycles. The molecule has 0 amide bonds. The molecular formula is C14H25BO2. The predicted octanol–water partition coefficient (Wildman–Crippen LogP) is 3.51. The highest BCUT2D eigenvalue weighted by molar-refractivity contribution is 6.47. The highest BCUT2D eigenvalue weighted by atomic mass is 16.7. The van der Waals surface area contributed by atoms with Crippen LogP contribution < -0.4 is 0 Å². The Kier molecular flexibility index (Phi) is 2.49. The fourth-order valence-corrected chi connectivity index (χ4v) is 4.34. The molecule has 0 unspecified atom stereocenters. The van der Waals surface area contributed by atoms with Crippen LogP contribution in [-0.4, -0.2) is 18.8 Å². The molecule has 0 N–H and O–H groups in total. The molecular weight excluding hydrogens is 211 g/mol. The van der Waals surface area contributed by atoms with Crippen molar-refractivity contribution < 1.29 is 9.31 Å². The third-order valence-electron chi connectivity index (χ3n) is 6.08. The summed E-state index contributed by atoms with van der Waals surface area (Å²) in [6, 6.07) is 0. The molecule has 4 rings (SSSR count). The van der Waals surface area contributed by atoms with Crippen LogP contribution in [0.5, 0.6) is 0 Å². The standard InChI is InChI=1S/C14H25BO2/c1-6-9(2)15-16-12-8-10-7-11(13(10,3)4)14(12,5)17-15/h9-12H,6-8H2,1-5H3/t9-,10-,11+,12+,14+/m0/s1. The fourth-order valence-electron chi connectivity index (χ4n) is 4.34. The fraction of sp³-hybridized carbons (Fsp3) is 1.00. The van der Waals surface area contributed by atoms with E-state index in [2.05, 4.69) is 34.6 Å². The maximum Gasteiger partial charge on any atom is 0.460 e. The van der Waals surface area contributed by atoms with Crippen LogP contribution in [0, 0.1) is 17.3 Å². The topological polar surface area (TPSA) is 18.5 Å². The second-order valence-electron chi connectivity index (χ2n) is 7.22. The summed E-state index contributed by atoms with van der Waals surface area (Å²) in [7, 11) is 0.0325. The van der Waals surface area contributed by atoms with Crippen molar-refractivity contribution in [3.8, 4) is 0 Å². The first-order valence-corrected chi connectivity index (χ1v) is 7.22. The molecule has 17 heavy (non-hydrogen) atoms. The molecule has 1 heterocycles. The van der Waals surface area contributed by atoms with Gasteiger partial charge in [0, 0.05) is 0 Å². The predicted molar refractivity (Wildman–Crippen MR) is 69.8 cm³/mol. The Bertz CT molecular complexity index is 330. The molecule has 0 radical (unpaired) electrons. The maximum atomic E-state index is 6.37. The third kappa shape index (κ3) is 1.42. The van der Waals surface area contributed by atoms with E-state index < -0.39 is 0 Å². The van der Waals surface area contributed by atoms with E-state index in [1.54, 1.807) is 0 Å². The van der Waals surface area contributed by atoms with Gasteiger partial charge in [-0.3, -0.25) is 0 Å². The Morgan fingerprint density at radius 2 is 2.00 bits per heavy atom. The molecule has 3 aliphatic carbocycles. The number of hydrogen-bond acceptors (Lipinski definition) is 2. The van der Waals surface area contributed by atoms with Gasteiger partial charge in [-0.25, -0.2) is 0 Å². The summed E-state index contributed by atoms with van der Waals surface area (Å²) in [5.41, 5.74) is 0.436. The first-order chi connectivity index (χ1) is 7.89. The van der Waals surface area contributed by atoms with E-state index in [4.69, 9.17) is 9.31 Å². The SMILES string of the molecule is CC[C@H](C)B1O[C@@H]2C[C@@H]3C[C@H](C3(C)C)[C@@]2(C)O1. The minimum Gasteiger partial charge on any atom is -0.405 e. The van der Waals surface area contributed by atoms with Gasteiger partial charge in [-0.15, -0.1) is 0 Å². The smallest absolute Gasteiger partial charge is 0.405 e. The minimum atomic E-state index is -0.0215. The van der Waals surface area contributed by atoms with Gasteiger partial charge in [-0.2, -0.15) is 0 Å². The van der Waals surface area contributed by atoms with E-state index in [-0.39, 0.29) is 12.7 Å². The highest BCUT2D eigenvalue weighted by Crippen LogP contribution is 2.66. The molecule has 0 aromatic heterocycles. The van der Waals surface area contributed by atoms with Gasteiger partial charge in [0.05, 0.1) is 11.7 Å². The van der Waals surface area contributed by atoms with Gasteiger partial charge in [-0.05, 0) is 42.8 Å². The van der Waals surface area contributed by atoms with Gasteiger partial charge in [-0.1, -0.05) is 34.1 Å². The largest absolute Gasteiger partial charge is 0.460 e. The van der Waals surface area contributed by atoms with E-state index in [0.29, 0.717) is 23.3 Å². The monoisotopic (exact) mass is 236 g/mol. The molecule has 4 aliphatic rings. The lowest BCUT2D eigenvalue weighted by atomic mass is 9.43. The Hall–Kier alpha value is -0.0151. The number of rotatable bonds is 2. The van der Waals surface area contributed by atoms with Crippen molar-refractivity contribution in [2.45, 2.75) is 71.4 Å². The average molecular weight is 236 g/mol. The van der Waals surface area contributed by atoms with Crippen LogP contribution in [0.4, 0.5) is 0 Å². The van der Waals surface area contributed by atoms with E-state index in [1.165, 1.54) is 12.8 Å². The molecule has 5 atom stereocenters. The van der Waals surface area contributed by atoms with Gasteiger partial charge in [0.2, 0.25) is 0 Å². The first-order valence-electron chi connectivity index (χ1n) is 7.22.